The molecule has 2 atom stereocenters. The summed E-state index contributed by atoms with van der Waals surface area (Å²) in [7, 11) is 0. The number of likely N-dealkylation sites (N-methyl/N-ethyl adjacent to an activating group) is 1. The van der Waals surface area contributed by atoms with Crippen LogP contribution in [0.5, 0.6) is 0 Å². The molecule has 1 saturated heterocycles. The van der Waals surface area contributed by atoms with E-state index in [9.17, 15) is 9.59 Å². The summed E-state index contributed by atoms with van der Waals surface area (Å²) in [5.74, 6) is 0.0221. The van der Waals surface area contributed by atoms with Gasteiger partial charge in [0.25, 0.3) is 0 Å². The Kier molecular flexibility index (Phi) is 12.0. The van der Waals surface area contributed by atoms with Crippen molar-refractivity contribution in [3.05, 3.63) is 0 Å². The normalized spacial score (nSPS) is 18.0. The fourth-order valence-corrected chi connectivity index (χ4v) is 2.10. The molecule has 2 unspecified atom stereocenters. The second-order valence-corrected chi connectivity index (χ2v) is 5.20. The lowest BCUT2D eigenvalue weighted by Crippen LogP contribution is -2.53. The van der Waals surface area contributed by atoms with Crippen molar-refractivity contribution in [2.24, 2.45) is 11.7 Å². The van der Waals surface area contributed by atoms with Crippen molar-refractivity contribution in [3.8, 4) is 0 Å². The van der Waals surface area contributed by atoms with Crippen LogP contribution in [-0.4, -0.2) is 66.9 Å². The fourth-order valence-electron chi connectivity index (χ4n) is 2.10. The standard InChI is InChI=1S/C13H26N4O2.2ClH/c1-4-15-12(18)9-16-5-7-17(8-6-16)13(19)10(2)11(3)14;;/h10-11H,4-9,14H2,1-3H3,(H,15,18);2*1H. The number of amides is 2. The van der Waals surface area contributed by atoms with Gasteiger partial charge in [0.05, 0.1) is 12.5 Å². The molecule has 0 aromatic carbocycles. The van der Waals surface area contributed by atoms with Crippen LogP contribution in [0, 0.1) is 5.92 Å². The van der Waals surface area contributed by atoms with Gasteiger partial charge in [0.15, 0.2) is 0 Å². The molecule has 1 heterocycles. The Labute approximate surface area is 139 Å². The number of piperazine rings is 1. The van der Waals surface area contributed by atoms with Crippen LogP contribution in [0.15, 0.2) is 0 Å². The molecule has 0 radical (unpaired) electrons. The molecule has 3 N–H and O–H groups in total. The third-order valence-corrected chi connectivity index (χ3v) is 3.60. The highest BCUT2D eigenvalue weighted by atomic mass is 35.5. The summed E-state index contributed by atoms with van der Waals surface area (Å²) in [4.78, 5) is 27.5. The van der Waals surface area contributed by atoms with E-state index in [0.29, 0.717) is 26.2 Å². The largest absolute Gasteiger partial charge is 0.355 e. The molecule has 6 nitrogen and oxygen atoms in total. The average Bonchev–Trinajstić information content (AvgIpc) is 2.38. The molecule has 1 aliphatic rings. The molecule has 21 heavy (non-hydrogen) atoms. The van der Waals surface area contributed by atoms with Gasteiger partial charge < -0.3 is 16.0 Å². The molecule has 126 valence electrons. The smallest absolute Gasteiger partial charge is 0.234 e. The molecule has 1 aliphatic heterocycles. The first-order chi connectivity index (χ1) is 8.95. The topological polar surface area (TPSA) is 78.7 Å². The number of halogens is 2. The summed E-state index contributed by atoms with van der Waals surface area (Å²) in [6.45, 7) is 9.54. The van der Waals surface area contributed by atoms with Gasteiger partial charge in [-0.15, -0.1) is 24.8 Å². The SMILES string of the molecule is CCNC(=O)CN1CCN(C(=O)C(C)C(C)N)CC1.Cl.Cl. The van der Waals surface area contributed by atoms with Crippen LogP contribution in [0.25, 0.3) is 0 Å². The molecule has 0 aromatic rings. The fraction of sp³-hybridized carbons (Fsp3) is 0.846. The molecule has 0 spiro atoms. The Balaban J connectivity index is 0. The maximum atomic E-state index is 12.1. The minimum Gasteiger partial charge on any atom is -0.355 e. The molecule has 0 aliphatic carbocycles. The van der Waals surface area contributed by atoms with E-state index in [1.165, 1.54) is 0 Å². The van der Waals surface area contributed by atoms with E-state index in [4.69, 9.17) is 5.73 Å². The van der Waals surface area contributed by atoms with Gasteiger partial charge >= 0.3 is 0 Å². The van der Waals surface area contributed by atoms with Crippen molar-refractivity contribution in [3.63, 3.8) is 0 Å². The number of nitrogens with zero attached hydrogens (tertiary/aromatic N) is 2. The number of nitrogens with one attached hydrogen (secondary N) is 1. The zero-order chi connectivity index (χ0) is 14.4. The second kappa shape index (κ2) is 11.1. The Morgan fingerprint density at radius 3 is 2.10 bits per heavy atom. The van der Waals surface area contributed by atoms with Crippen LogP contribution in [0.2, 0.25) is 0 Å². The van der Waals surface area contributed by atoms with E-state index in [-0.39, 0.29) is 48.6 Å². The van der Waals surface area contributed by atoms with Crippen LogP contribution in [0.3, 0.4) is 0 Å². The van der Waals surface area contributed by atoms with Gasteiger partial charge in [-0.1, -0.05) is 6.92 Å². The van der Waals surface area contributed by atoms with Crippen LogP contribution < -0.4 is 11.1 Å². The molecule has 0 bridgehead atoms. The number of rotatable bonds is 5. The third-order valence-electron chi connectivity index (χ3n) is 3.60. The number of hydrogen-bond donors (Lipinski definition) is 2. The molecule has 8 heteroatoms. The van der Waals surface area contributed by atoms with Crippen molar-refractivity contribution in [1.82, 2.24) is 15.1 Å². The number of carbonyl (C=O) groups excluding carboxylic acids is 2. The third kappa shape index (κ3) is 7.31. The predicted octanol–water partition coefficient (Wildman–Crippen LogP) is 0.0936. The van der Waals surface area contributed by atoms with Crippen molar-refractivity contribution in [1.29, 1.82) is 0 Å². The molecular weight excluding hydrogens is 315 g/mol. The highest BCUT2D eigenvalue weighted by Crippen LogP contribution is 2.09. The lowest BCUT2D eigenvalue weighted by atomic mass is 10.0. The van der Waals surface area contributed by atoms with Gasteiger partial charge in [-0.3, -0.25) is 14.5 Å². The van der Waals surface area contributed by atoms with Crippen LogP contribution >= 0.6 is 24.8 Å². The summed E-state index contributed by atoms with van der Waals surface area (Å²) in [6.07, 6.45) is 0. The van der Waals surface area contributed by atoms with E-state index in [0.717, 1.165) is 13.1 Å². The summed E-state index contributed by atoms with van der Waals surface area (Å²) in [5.41, 5.74) is 5.76. The Bertz CT molecular complexity index is 321. The molecule has 0 aromatic heterocycles. The van der Waals surface area contributed by atoms with E-state index >= 15 is 0 Å². The lowest BCUT2D eigenvalue weighted by molar-refractivity contribution is -0.137. The first kappa shape index (κ1) is 22.7. The highest BCUT2D eigenvalue weighted by molar-refractivity contribution is 5.85. The van der Waals surface area contributed by atoms with Gasteiger partial charge in [-0.05, 0) is 13.8 Å². The molecule has 1 rings (SSSR count). The van der Waals surface area contributed by atoms with Crippen molar-refractivity contribution in [2.75, 3.05) is 39.3 Å². The highest BCUT2D eigenvalue weighted by Gasteiger charge is 2.27. The number of nitrogens with two attached hydrogens (primary N) is 1. The zero-order valence-electron chi connectivity index (χ0n) is 13.0. The molecular formula is C13H28Cl2N4O2. The summed E-state index contributed by atoms with van der Waals surface area (Å²) in [5, 5.41) is 2.78. The lowest BCUT2D eigenvalue weighted by Gasteiger charge is -2.36. The Morgan fingerprint density at radius 1 is 1.14 bits per heavy atom. The maximum Gasteiger partial charge on any atom is 0.234 e. The minimum atomic E-state index is -0.144. The monoisotopic (exact) mass is 342 g/mol. The first-order valence-corrected chi connectivity index (χ1v) is 6.99. The van der Waals surface area contributed by atoms with Gasteiger partial charge in [-0.2, -0.15) is 0 Å². The maximum absolute atomic E-state index is 12.1. The van der Waals surface area contributed by atoms with Crippen molar-refractivity contribution in [2.45, 2.75) is 26.8 Å². The van der Waals surface area contributed by atoms with Gasteiger partial charge in [0.1, 0.15) is 0 Å². The van der Waals surface area contributed by atoms with E-state index < -0.39 is 0 Å². The minimum absolute atomic E-state index is 0. The van der Waals surface area contributed by atoms with Gasteiger partial charge in [-0.25, -0.2) is 0 Å². The predicted molar refractivity (Wildman–Crippen MR) is 89.0 cm³/mol. The Hall–Kier alpha value is -0.560. The number of carbonyl (C=O) groups is 2. The van der Waals surface area contributed by atoms with Crippen LogP contribution in [0.4, 0.5) is 0 Å². The molecule has 2 amide bonds. The van der Waals surface area contributed by atoms with Gasteiger partial charge in [0.2, 0.25) is 11.8 Å². The van der Waals surface area contributed by atoms with Gasteiger partial charge in [0, 0.05) is 38.8 Å². The van der Waals surface area contributed by atoms with E-state index in [1.54, 1.807) is 0 Å². The molecule has 1 fully saturated rings. The average molecular weight is 343 g/mol. The van der Waals surface area contributed by atoms with E-state index in [1.807, 2.05) is 25.7 Å². The Morgan fingerprint density at radius 2 is 1.67 bits per heavy atom. The van der Waals surface area contributed by atoms with Crippen molar-refractivity contribution >= 4 is 36.6 Å². The van der Waals surface area contributed by atoms with E-state index in [2.05, 4.69) is 10.2 Å². The first-order valence-electron chi connectivity index (χ1n) is 6.99. The summed E-state index contributed by atoms with van der Waals surface area (Å²) >= 11 is 0. The summed E-state index contributed by atoms with van der Waals surface area (Å²) < 4.78 is 0. The number of hydrogen-bond acceptors (Lipinski definition) is 4. The quantitative estimate of drug-likeness (QED) is 0.742. The second-order valence-electron chi connectivity index (χ2n) is 5.20. The van der Waals surface area contributed by atoms with Crippen molar-refractivity contribution < 1.29 is 9.59 Å². The zero-order valence-corrected chi connectivity index (χ0v) is 14.6. The van der Waals surface area contributed by atoms with Crippen LogP contribution in [0.1, 0.15) is 20.8 Å². The summed E-state index contributed by atoms with van der Waals surface area (Å²) in [6, 6.07) is -0.124. The van der Waals surface area contributed by atoms with Crippen LogP contribution in [-0.2, 0) is 9.59 Å². The molecule has 0 saturated carbocycles.